The first kappa shape index (κ1) is 20.7. The van der Waals surface area contributed by atoms with Crippen LogP contribution in [0, 0.1) is 0 Å². The molecule has 0 bridgehead atoms. The lowest BCUT2D eigenvalue weighted by molar-refractivity contribution is -0.137. The van der Waals surface area contributed by atoms with E-state index in [0.29, 0.717) is 29.4 Å². The first-order chi connectivity index (χ1) is 16.0. The highest BCUT2D eigenvalue weighted by Crippen LogP contribution is 2.30. The molecular weight excluding hydrogens is 427 g/mol. The van der Waals surface area contributed by atoms with Gasteiger partial charge in [-0.2, -0.15) is 17.7 Å². The van der Waals surface area contributed by atoms with Gasteiger partial charge in [-0.05, 0) is 53.1 Å². The summed E-state index contributed by atoms with van der Waals surface area (Å²) >= 11 is 0. The van der Waals surface area contributed by atoms with Crippen LogP contribution in [0.4, 0.5) is 19.0 Å². The molecule has 0 radical (unpaired) electrons. The SMILES string of the molecule is FC(F)(F)c1ccc(CNc2cc(-c3ccncc3)cc3nc(-c4ccccc4)nn23)cc1. The molecule has 1 N–H and O–H groups in total. The molecule has 2 aromatic carbocycles. The fourth-order valence-corrected chi connectivity index (χ4v) is 3.53. The van der Waals surface area contributed by atoms with Crippen molar-refractivity contribution in [2.45, 2.75) is 12.7 Å². The largest absolute Gasteiger partial charge is 0.416 e. The fourth-order valence-electron chi connectivity index (χ4n) is 3.53. The maximum atomic E-state index is 12.9. The number of hydrogen-bond donors (Lipinski definition) is 1. The Morgan fingerprint density at radius 2 is 1.52 bits per heavy atom. The van der Waals surface area contributed by atoms with Gasteiger partial charge in [0.1, 0.15) is 5.82 Å². The maximum Gasteiger partial charge on any atom is 0.416 e. The zero-order valence-electron chi connectivity index (χ0n) is 17.3. The van der Waals surface area contributed by atoms with Crippen molar-refractivity contribution in [1.29, 1.82) is 0 Å². The van der Waals surface area contributed by atoms with Gasteiger partial charge in [-0.25, -0.2) is 4.98 Å². The lowest BCUT2D eigenvalue weighted by Gasteiger charge is -2.12. The minimum absolute atomic E-state index is 0.327. The zero-order chi connectivity index (χ0) is 22.8. The van der Waals surface area contributed by atoms with Gasteiger partial charge in [0.15, 0.2) is 11.5 Å². The van der Waals surface area contributed by atoms with Gasteiger partial charge in [-0.1, -0.05) is 42.5 Å². The van der Waals surface area contributed by atoms with Crippen LogP contribution in [0.25, 0.3) is 28.2 Å². The molecule has 5 aromatic rings. The average molecular weight is 445 g/mol. The maximum absolute atomic E-state index is 12.9. The molecule has 0 fully saturated rings. The zero-order valence-corrected chi connectivity index (χ0v) is 17.3. The normalized spacial score (nSPS) is 11.6. The molecule has 0 aliphatic carbocycles. The molecule has 5 rings (SSSR count). The summed E-state index contributed by atoms with van der Waals surface area (Å²) in [5, 5.41) is 7.96. The van der Waals surface area contributed by atoms with E-state index in [4.69, 9.17) is 4.98 Å². The van der Waals surface area contributed by atoms with Crippen molar-refractivity contribution in [1.82, 2.24) is 19.6 Å². The number of halogens is 3. The summed E-state index contributed by atoms with van der Waals surface area (Å²) in [6.07, 6.45) is -0.923. The summed E-state index contributed by atoms with van der Waals surface area (Å²) in [5.41, 5.74) is 3.48. The van der Waals surface area contributed by atoms with Crippen molar-refractivity contribution in [3.05, 3.63) is 102 Å². The third kappa shape index (κ3) is 4.41. The van der Waals surface area contributed by atoms with Crippen LogP contribution in [-0.2, 0) is 12.7 Å². The van der Waals surface area contributed by atoms with E-state index in [1.807, 2.05) is 54.6 Å². The second-order valence-electron chi connectivity index (χ2n) is 7.48. The third-order valence-corrected chi connectivity index (χ3v) is 5.24. The number of nitrogens with one attached hydrogen (secondary N) is 1. The van der Waals surface area contributed by atoms with Gasteiger partial charge >= 0.3 is 6.18 Å². The van der Waals surface area contributed by atoms with Crippen LogP contribution in [0.3, 0.4) is 0 Å². The van der Waals surface area contributed by atoms with E-state index in [1.54, 1.807) is 16.9 Å². The van der Waals surface area contributed by atoms with Gasteiger partial charge in [-0.3, -0.25) is 4.98 Å². The highest BCUT2D eigenvalue weighted by Gasteiger charge is 2.29. The molecule has 3 heterocycles. The van der Waals surface area contributed by atoms with Crippen molar-refractivity contribution in [3.8, 4) is 22.5 Å². The predicted octanol–water partition coefficient (Wildman–Crippen LogP) is 6.09. The Kier molecular flexibility index (Phi) is 5.26. The van der Waals surface area contributed by atoms with Gasteiger partial charge in [0, 0.05) is 24.5 Å². The molecule has 5 nitrogen and oxygen atoms in total. The molecule has 164 valence electrons. The Labute approximate surface area is 187 Å². The number of rotatable bonds is 5. The van der Waals surface area contributed by atoms with Crippen LogP contribution in [-0.4, -0.2) is 19.6 Å². The Morgan fingerprint density at radius 3 is 2.21 bits per heavy atom. The minimum atomic E-state index is -4.36. The van der Waals surface area contributed by atoms with Crippen LogP contribution in [0.5, 0.6) is 0 Å². The molecule has 0 saturated carbocycles. The molecule has 0 saturated heterocycles. The quantitative estimate of drug-likeness (QED) is 0.356. The van der Waals surface area contributed by atoms with E-state index in [0.717, 1.165) is 28.8 Å². The number of pyridine rings is 2. The van der Waals surface area contributed by atoms with Crippen molar-refractivity contribution in [2.24, 2.45) is 0 Å². The molecule has 0 spiro atoms. The number of hydrogen-bond acceptors (Lipinski definition) is 4. The van der Waals surface area contributed by atoms with Gasteiger partial charge in [0.2, 0.25) is 0 Å². The Morgan fingerprint density at radius 1 is 0.788 bits per heavy atom. The summed E-state index contributed by atoms with van der Waals surface area (Å²) < 4.78 is 40.3. The molecule has 3 aromatic heterocycles. The fraction of sp³-hybridized carbons (Fsp3) is 0.0800. The average Bonchev–Trinajstić information content (AvgIpc) is 3.28. The number of nitrogens with zero attached hydrogens (tertiary/aromatic N) is 4. The van der Waals surface area contributed by atoms with Gasteiger partial charge in [0.05, 0.1) is 5.56 Å². The van der Waals surface area contributed by atoms with Crippen LogP contribution >= 0.6 is 0 Å². The topological polar surface area (TPSA) is 55.1 Å². The van der Waals surface area contributed by atoms with E-state index in [2.05, 4.69) is 15.4 Å². The van der Waals surface area contributed by atoms with E-state index < -0.39 is 11.7 Å². The summed E-state index contributed by atoms with van der Waals surface area (Å²) in [7, 11) is 0. The molecule has 0 aliphatic heterocycles. The first-order valence-electron chi connectivity index (χ1n) is 10.2. The third-order valence-electron chi connectivity index (χ3n) is 5.24. The van der Waals surface area contributed by atoms with Crippen LogP contribution in [0.15, 0.2) is 91.3 Å². The Hall–Kier alpha value is -4.20. The summed E-state index contributed by atoms with van der Waals surface area (Å²) in [6, 6.07) is 22.5. The molecule has 33 heavy (non-hydrogen) atoms. The van der Waals surface area contributed by atoms with Crippen molar-refractivity contribution in [3.63, 3.8) is 0 Å². The van der Waals surface area contributed by atoms with E-state index in [9.17, 15) is 13.2 Å². The molecule has 0 aliphatic rings. The molecule has 8 heteroatoms. The lowest BCUT2D eigenvalue weighted by Crippen LogP contribution is -2.07. The van der Waals surface area contributed by atoms with Gasteiger partial charge < -0.3 is 5.32 Å². The smallest absolute Gasteiger partial charge is 0.366 e. The minimum Gasteiger partial charge on any atom is -0.366 e. The molecular formula is C25H18F3N5. The molecule has 0 atom stereocenters. The monoisotopic (exact) mass is 445 g/mol. The van der Waals surface area contributed by atoms with Crippen LogP contribution in [0.1, 0.15) is 11.1 Å². The summed E-state index contributed by atoms with van der Waals surface area (Å²) in [4.78, 5) is 8.77. The highest BCUT2D eigenvalue weighted by atomic mass is 19.4. The Balaban J connectivity index is 1.52. The first-order valence-corrected chi connectivity index (χ1v) is 10.2. The second-order valence-corrected chi connectivity index (χ2v) is 7.48. The number of anilines is 1. The van der Waals surface area contributed by atoms with Crippen LogP contribution < -0.4 is 5.32 Å². The van der Waals surface area contributed by atoms with Crippen molar-refractivity contribution in [2.75, 3.05) is 5.32 Å². The van der Waals surface area contributed by atoms with E-state index in [-0.39, 0.29) is 0 Å². The second kappa shape index (κ2) is 8.38. The highest BCUT2D eigenvalue weighted by molar-refractivity contribution is 5.72. The molecule has 0 amide bonds. The Bertz CT molecular complexity index is 1380. The lowest BCUT2D eigenvalue weighted by atomic mass is 10.1. The number of fused-ring (bicyclic) bond motifs is 1. The number of benzene rings is 2. The number of alkyl halides is 3. The predicted molar refractivity (Wildman–Crippen MR) is 120 cm³/mol. The standard InChI is InChI=1S/C25H18F3N5/c26-25(27,28)21-8-6-17(7-9-21)16-30-22-14-20(18-10-12-29-13-11-18)15-23-31-24(32-33(22)23)19-4-2-1-3-5-19/h1-15,30H,16H2. The van der Waals surface area contributed by atoms with Crippen molar-refractivity contribution < 1.29 is 13.2 Å². The van der Waals surface area contributed by atoms with E-state index >= 15 is 0 Å². The van der Waals surface area contributed by atoms with E-state index in [1.165, 1.54) is 12.1 Å². The van der Waals surface area contributed by atoms with Gasteiger partial charge in [-0.15, -0.1) is 5.10 Å². The molecule has 0 unspecified atom stereocenters. The van der Waals surface area contributed by atoms with Crippen molar-refractivity contribution >= 4 is 11.5 Å². The van der Waals surface area contributed by atoms with Crippen LogP contribution in [0.2, 0.25) is 0 Å². The summed E-state index contributed by atoms with van der Waals surface area (Å²) in [6.45, 7) is 0.327. The van der Waals surface area contributed by atoms with Gasteiger partial charge in [0.25, 0.3) is 0 Å². The number of aromatic nitrogens is 4. The summed E-state index contributed by atoms with van der Waals surface area (Å²) in [5.74, 6) is 1.26.